The first kappa shape index (κ1) is 10.4. The lowest BCUT2D eigenvalue weighted by atomic mass is 10.1. The lowest BCUT2D eigenvalue weighted by Gasteiger charge is -2.22. The van der Waals surface area contributed by atoms with E-state index in [0.29, 0.717) is 26.1 Å². The van der Waals surface area contributed by atoms with E-state index in [1.807, 2.05) is 0 Å². The Morgan fingerprint density at radius 2 is 2.13 bits per heavy atom. The van der Waals surface area contributed by atoms with Crippen LogP contribution in [0.4, 0.5) is 8.78 Å². The van der Waals surface area contributed by atoms with E-state index in [2.05, 4.69) is 5.10 Å². The van der Waals surface area contributed by atoms with Crippen LogP contribution in [0.5, 0.6) is 0 Å². The fourth-order valence-electron chi connectivity index (χ4n) is 1.76. The van der Waals surface area contributed by atoms with Gasteiger partial charge in [0.2, 0.25) is 0 Å². The second kappa shape index (κ2) is 4.14. The number of nitrogens with zero attached hydrogens (tertiary/aromatic N) is 1. The summed E-state index contributed by atoms with van der Waals surface area (Å²) in [6.07, 6.45) is -1.26. The Morgan fingerprint density at radius 1 is 1.47 bits per heavy atom. The molecule has 4 nitrogen and oxygen atoms in total. The Kier molecular flexibility index (Phi) is 2.86. The number of hydrogen-bond acceptors (Lipinski definition) is 2. The summed E-state index contributed by atoms with van der Waals surface area (Å²) in [5.41, 5.74) is -0.705. The van der Waals surface area contributed by atoms with Crippen molar-refractivity contribution in [3.8, 4) is 0 Å². The van der Waals surface area contributed by atoms with Gasteiger partial charge in [0, 0.05) is 19.3 Å². The van der Waals surface area contributed by atoms with Gasteiger partial charge in [-0.2, -0.15) is 0 Å². The molecule has 1 fully saturated rings. The van der Waals surface area contributed by atoms with Gasteiger partial charge in [-0.05, 0) is 12.8 Å². The third-order valence-electron chi connectivity index (χ3n) is 2.56. The minimum Gasteiger partial charge on any atom is -0.381 e. The zero-order chi connectivity index (χ0) is 10.8. The third kappa shape index (κ3) is 2.09. The maximum absolute atomic E-state index is 12.3. The van der Waals surface area contributed by atoms with E-state index in [-0.39, 0.29) is 11.7 Å². The van der Waals surface area contributed by atoms with Crippen LogP contribution in [0.3, 0.4) is 0 Å². The monoisotopic (exact) mass is 218 g/mol. The molecule has 0 atom stereocenters. The topological polar surface area (TPSA) is 47.0 Å². The molecule has 2 rings (SSSR count). The van der Waals surface area contributed by atoms with Crippen molar-refractivity contribution >= 4 is 0 Å². The molecule has 2 heterocycles. The molecule has 0 aromatic carbocycles. The third-order valence-corrected chi connectivity index (χ3v) is 2.56. The van der Waals surface area contributed by atoms with Gasteiger partial charge < -0.3 is 4.74 Å². The quantitative estimate of drug-likeness (QED) is 0.817. The zero-order valence-corrected chi connectivity index (χ0v) is 8.08. The molecule has 84 valence electrons. The molecule has 1 aromatic rings. The molecule has 0 unspecified atom stereocenters. The molecule has 1 N–H and O–H groups in total. The Bertz CT molecular complexity index is 380. The van der Waals surface area contributed by atoms with Crippen molar-refractivity contribution in [2.24, 2.45) is 0 Å². The number of hydrogen-bond donors (Lipinski definition) is 1. The maximum Gasteiger partial charge on any atom is 0.279 e. The second-order valence-electron chi connectivity index (χ2n) is 3.56. The van der Waals surface area contributed by atoms with Crippen molar-refractivity contribution in [2.75, 3.05) is 13.2 Å². The number of ether oxygens (including phenoxy) is 1. The fraction of sp³-hybridized carbons (Fsp3) is 0.667. The summed E-state index contributed by atoms with van der Waals surface area (Å²) in [7, 11) is 0. The molecule has 0 aliphatic carbocycles. The summed E-state index contributed by atoms with van der Waals surface area (Å²) < 4.78 is 31.1. The molecular formula is C9H12F2N2O2. The Morgan fingerprint density at radius 3 is 2.67 bits per heavy atom. The predicted molar refractivity (Wildman–Crippen MR) is 49.1 cm³/mol. The lowest BCUT2D eigenvalue weighted by molar-refractivity contribution is 0.0645. The Labute approximate surface area is 84.8 Å². The van der Waals surface area contributed by atoms with E-state index in [1.165, 1.54) is 4.68 Å². The van der Waals surface area contributed by atoms with Gasteiger partial charge in [-0.25, -0.2) is 13.5 Å². The molecule has 0 bridgehead atoms. The first-order valence-corrected chi connectivity index (χ1v) is 4.86. The number of halogens is 2. The molecule has 1 saturated heterocycles. The Hall–Kier alpha value is -1.17. The highest BCUT2D eigenvalue weighted by molar-refractivity contribution is 5.01. The van der Waals surface area contributed by atoms with Crippen LogP contribution in [0, 0.1) is 0 Å². The second-order valence-corrected chi connectivity index (χ2v) is 3.56. The highest BCUT2D eigenvalue weighted by atomic mass is 19.3. The number of alkyl halides is 2. The molecule has 1 aromatic heterocycles. The van der Waals surface area contributed by atoms with E-state index < -0.39 is 12.0 Å². The predicted octanol–water partition coefficient (Wildman–Crippen LogP) is 1.47. The normalized spacial score (nSPS) is 18.6. The van der Waals surface area contributed by atoms with Crippen molar-refractivity contribution in [3.05, 3.63) is 22.1 Å². The van der Waals surface area contributed by atoms with Crippen LogP contribution in [-0.2, 0) is 4.74 Å². The van der Waals surface area contributed by atoms with E-state index in [4.69, 9.17) is 4.74 Å². The van der Waals surface area contributed by atoms with Crippen LogP contribution in [0.15, 0.2) is 10.9 Å². The van der Waals surface area contributed by atoms with E-state index >= 15 is 0 Å². The van der Waals surface area contributed by atoms with Crippen LogP contribution in [0.25, 0.3) is 0 Å². The van der Waals surface area contributed by atoms with Crippen LogP contribution < -0.4 is 5.56 Å². The highest BCUT2D eigenvalue weighted by Crippen LogP contribution is 2.20. The van der Waals surface area contributed by atoms with Crippen molar-refractivity contribution < 1.29 is 13.5 Å². The number of aromatic amines is 1. The molecule has 0 spiro atoms. The SMILES string of the molecule is O=c1cc(C(F)F)[nH]n1C1CCOCC1. The van der Waals surface area contributed by atoms with Crippen LogP contribution in [0.1, 0.15) is 31.0 Å². The van der Waals surface area contributed by atoms with Gasteiger partial charge >= 0.3 is 0 Å². The summed E-state index contributed by atoms with van der Waals surface area (Å²) >= 11 is 0. The number of aromatic nitrogens is 2. The summed E-state index contributed by atoms with van der Waals surface area (Å²) in [6, 6.07) is 0.916. The number of rotatable bonds is 2. The van der Waals surface area contributed by atoms with E-state index in [1.54, 1.807) is 0 Å². The van der Waals surface area contributed by atoms with Gasteiger partial charge in [-0.3, -0.25) is 9.89 Å². The average molecular weight is 218 g/mol. The number of H-pyrrole nitrogens is 1. The standard InChI is InChI=1S/C9H12F2N2O2/c10-9(11)7-5-8(14)13(12-7)6-1-3-15-4-2-6/h5-6,9,12H,1-4H2. The highest BCUT2D eigenvalue weighted by Gasteiger charge is 2.20. The van der Waals surface area contributed by atoms with Crippen LogP contribution in [0.2, 0.25) is 0 Å². The zero-order valence-electron chi connectivity index (χ0n) is 8.08. The molecular weight excluding hydrogens is 206 g/mol. The minimum absolute atomic E-state index is 0.0428. The van der Waals surface area contributed by atoms with Crippen LogP contribution in [-0.4, -0.2) is 23.0 Å². The van der Waals surface area contributed by atoms with Gasteiger partial charge in [-0.1, -0.05) is 0 Å². The largest absolute Gasteiger partial charge is 0.381 e. The van der Waals surface area contributed by atoms with Crippen LogP contribution >= 0.6 is 0 Å². The van der Waals surface area contributed by atoms with Gasteiger partial charge in [0.1, 0.15) is 5.69 Å². The van der Waals surface area contributed by atoms with Crippen molar-refractivity contribution in [2.45, 2.75) is 25.3 Å². The summed E-state index contributed by atoms with van der Waals surface area (Å²) in [4.78, 5) is 11.4. The lowest BCUT2D eigenvalue weighted by Crippen LogP contribution is -2.27. The first-order chi connectivity index (χ1) is 7.18. The minimum atomic E-state index is -2.63. The van der Waals surface area contributed by atoms with E-state index in [0.717, 1.165) is 6.07 Å². The van der Waals surface area contributed by atoms with Crippen molar-refractivity contribution in [1.29, 1.82) is 0 Å². The molecule has 1 aliphatic rings. The Balaban J connectivity index is 2.23. The first-order valence-electron chi connectivity index (χ1n) is 4.86. The average Bonchev–Trinajstić information content (AvgIpc) is 2.62. The van der Waals surface area contributed by atoms with Gasteiger partial charge in [0.25, 0.3) is 12.0 Å². The summed E-state index contributed by atoms with van der Waals surface area (Å²) in [6.45, 7) is 1.14. The van der Waals surface area contributed by atoms with E-state index in [9.17, 15) is 13.6 Å². The van der Waals surface area contributed by atoms with Gasteiger partial charge in [0.05, 0.1) is 6.04 Å². The molecule has 15 heavy (non-hydrogen) atoms. The summed E-state index contributed by atoms with van der Waals surface area (Å²) in [5.74, 6) is 0. The number of nitrogens with one attached hydrogen (secondary N) is 1. The molecule has 1 aliphatic heterocycles. The molecule has 0 amide bonds. The molecule has 6 heteroatoms. The summed E-state index contributed by atoms with van der Waals surface area (Å²) in [5, 5.41) is 2.45. The smallest absolute Gasteiger partial charge is 0.279 e. The maximum atomic E-state index is 12.3. The fourth-order valence-corrected chi connectivity index (χ4v) is 1.76. The van der Waals surface area contributed by atoms with Crippen molar-refractivity contribution in [3.63, 3.8) is 0 Å². The van der Waals surface area contributed by atoms with Gasteiger partial charge in [-0.15, -0.1) is 0 Å². The van der Waals surface area contributed by atoms with Crippen molar-refractivity contribution in [1.82, 2.24) is 9.78 Å². The molecule has 0 saturated carbocycles. The molecule has 0 radical (unpaired) electrons. The van der Waals surface area contributed by atoms with Gasteiger partial charge in [0.15, 0.2) is 0 Å².